The van der Waals surface area contributed by atoms with Crippen LogP contribution in [0.25, 0.3) is 22.1 Å². The van der Waals surface area contributed by atoms with Gasteiger partial charge in [-0.15, -0.1) is 0 Å². The number of nitrogens with one attached hydrogen (secondary N) is 3. The number of fused-ring (bicyclic) bond motifs is 6. The molecule has 6 aromatic heterocycles. The van der Waals surface area contributed by atoms with Crippen LogP contribution in [0, 0.1) is 0 Å². The number of carbonyl (C=O) groups is 5. The van der Waals surface area contributed by atoms with Crippen molar-refractivity contribution in [3.8, 4) is 0 Å². The first-order valence-corrected chi connectivity index (χ1v) is 28.0. The van der Waals surface area contributed by atoms with Crippen molar-refractivity contribution in [2.24, 2.45) is 0 Å². The lowest BCUT2D eigenvalue weighted by atomic mass is 9.95. The summed E-state index contributed by atoms with van der Waals surface area (Å²) < 4.78 is 9.74. The van der Waals surface area contributed by atoms with Gasteiger partial charge in [-0.2, -0.15) is 9.97 Å². The quantitative estimate of drug-likeness (QED) is 0.120. The molecule has 0 aromatic carbocycles. The van der Waals surface area contributed by atoms with Gasteiger partial charge in [-0.25, -0.2) is 24.7 Å². The molecule has 4 saturated heterocycles. The van der Waals surface area contributed by atoms with Gasteiger partial charge in [-0.3, -0.25) is 19.2 Å². The summed E-state index contributed by atoms with van der Waals surface area (Å²) in [6, 6.07) is 11.9. The fraction of sp³-hybridized carbons (Fsp3) is 0.526. The van der Waals surface area contributed by atoms with Crippen LogP contribution in [-0.2, 0) is 4.74 Å². The Hall–Kier alpha value is -7.75. The van der Waals surface area contributed by atoms with E-state index >= 15 is 0 Å². The standard InChI is InChI=1S/C31H40N8O4.C26H32N8O2/c1-31(2,3)43-30(42)38-18-22-14-23(38)17-37(22)27(40)19-11-12-25(32-15-19)34-29-33-16-20-13-24(28(41)36(4)5)39(26(20)35-29)21-9-7-6-8-10-21;1-32(2)25(36)21-10-17-13-29-26(31-23(17)34(21)19-6-4-3-5-7-19)30-22-9-8-16(12-28-22)24(35)33-15-18-11-20(33)14-27-18/h11-13,15-16,21-23H,6-10,14,17-18H2,1-5H3,(H,32,33,34,35);8-10,12-13,18-20,27H,3-7,11,14-15H2,1-2H3,(H,28,29,30,31). The zero-order valence-electron chi connectivity index (χ0n) is 46.3. The number of hydrogen-bond donors (Lipinski definition) is 3. The Balaban J connectivity index is 0.000000170. The topological polar surface area (TPSA) is 234 Å². The predicted molar refractivity (Wildman–Crippen MR) is 298 cm³/mol. The van der Waals surface area contributed by atoms with E-state index < -0.39 is 5.60 Å². The van der Waals surface area contributed by atoms with Crippen LogP contribution in [0.15, 0.2) is 61.2 Å². The third-order valence-corrected chi connectivity index (χ3v) is 16.2. The molecule has 6 aromatic rings. The van der Waals surface area contributed by atoms with Crippen molar-refractivity contribution in [1.82, 2.24) is 68.9 Å². The Bertz CT molecular complexity index is 3260. The maximum Gasteiger partial charge on any atom is 0.410 e. The number of piperazine rings is 2. The Labute approximate surface area is 459 Å². The summed E-state index contributed by atoms with van der Waals surface area (Å²) in [5, 5.41) is 11.4. The number of ether oxygens (including phenoxy) is 1. The molecule has 2 saturated carbocycles. The minimum atomic E-state index is -0.555. The first-order chi connectivity index (χ1) is 38.0. The molecule has 4 bridgehead atoms. The van der Waals surface area contributed by atoms with Gasteiger partial charge in [0.15, 0.2) is 0 Å². The van der Waals surface area contributed by atoms with Gasteiger partial charge >= 0.3 is 6.09 Å². The third-order valence-electron chi connectivity index (χ3n) is 16.2. The highest BCUT2D eigenvalue weighted by atomic mass is 16.6. The molecule has 6 fully saturated rings. The van der Waals surface area contributed by atoms with Gasteiger partial charge in [0, 0.05) is 114 Å². The fourth-order valence-electron chi connectivity index (χ4n) is 12.4. The molecule has 0 spiro atoms. The number of aromatic nitrogens is 8. The molecule has 0 radical (unpaired) electrons. The molecule has 5 amide bonds. The second-order valence-corrected chi connectivity index (χ2v) is 23.4. The number of nitrogens with zero attached hydrogens (tertiary/aromatic N) is 13. The maximum atomic E-state index is 13.3. The van der Waals surface area contributed by atoms with Crippen LogP contribution in [0.3, 0.4) is 0 Å². The van der Waals surface area contributed by atoms with E-state index in [1.807, 2.05) is 42.7 Å². The van der Waals surface area contributed by atoms with Gasteiger partial charge in [0.2, 0.25) is 11.9 Å². The Morgan fingerprint density at radius 3 is 1.43 bits per heavy atom. The zero-order chi connectivity index (χ0) is 55.3. The zero-order valence-corrected chi connectivity index (χ0v) is 46.3. The van der Waals surface area contributed by atoms with Crippen molar-refractivity contribution in [2.45, 2.75) is 140 Å². The molecular weight excluding hydrogens is 1000 g/mol. The van der Waals surface area contributed by atoms with E-state index in [0.29, 0.717) is 65.2 Å². The summed E-state index contributed by atoms with van der Waals surface area (Å²) in [6.45, 7) is 8.14. The first-order valence-electron chi connectivity index (χ1n) is 28.0. The highest BCUT2D eigenvalue weighted by Crippen LogP contribution is 2.37. The van der Waals surface area contributed by atoms with Crippen LogP contribution in [0.1, 0.15) is 152 Å². The lowest BCUT2D eigenvalue weighted by molar-refractivity contribution is 0.0126. The van der Waals surface area contributed by atoms with E-state index in [-0.39, 0.29) is 59.9 Å². The van der Waals surface area contributed by atoms with E-state index in [9.17, 15) is 24.0 Å². The summed E-state index contributed by atoms with van der Waals surface area (Å²) in [7, 11) is 7.07. The second kappa shape index (κ2) is 21.8. The monoisotopic (exact) mass is 1080 g/mol. The van der Waals surface area contributed by atoms with Crippen LogP contribution < -0.4 is 16.0 Å². The number of likely N-dealkylation sites (tertiary alicyclic amines) is 3. The number of rotatable bonds is 10. The van der Waals surface area contributed by atoms with Crippen LogP contribution in [0.4, 0.5) is 28.3 Å². The van der Waals surface area contributed by atoms with Crippen LogP contribution in [0.2, 0.25) is 0 Å². The molecule has 10 heterocycles. The summed E-state index contributed by atoms with van der Waals surface area (Å²) in [5.74, 6) is 1.71. The normalized spacial score (nSPS) is 21.1. The van der Waals surface area contributed by atoms with E-state index in [2.05, 4.69) is 45.0 Å². The van der Waals surface area contributed by atoms with E-state index in [1.165, 1.54) is 12.8 Å². The van der Waals surface area contributed by atoms with Gasteiger partial charge in [0.1, 0.15) is 39.9 Å². The van der Waals surface area contributed by atoms with Gasteiger partial charge < -0.3 is 54.3 Å². The minimum absolute atomic E-state index is 0.0305. The van der Waals surface area contributed by atoms with Gasteiger partial charge in [0.25, 0.3) is 23.6 Å². The minimum Gasteiger partial charge on any atom is -0.444 e. The average Bonchev–Trinajstić information content (AvgIpc) is 4.41. The Morgan fingerprint density at radius 2 is 1.04 bits per heavy atom. The molecule has 416 valence electrons. The molecule has 22 nitrogen and oxygen atoms in total. The molecule has 3 N–H and O–H groups in total. The summed E-state index contributed by atoms with van der Waals surface area (Å²) in [4.78, 5) is 101. The van der Waals surface area contributed by atoms with E-state index in [4.69, 9.17) is 14.7 Å². The van der Waals surface area contributed by atoms with Crippen molar-refractivity contribution < 1.29 is 28.7 Å². The molecule has 79 heavy (non-hydrogen) atoms. The smallest absolute Gasteiger partial charge is 0.410 e. The lowest BCUT2D eigenvalue weighted by Crippen LogP contribution is -2.51. The lowest BCUT2D eigenvalue weighted by Gasteiger charge is -2.35. The van der Waals surface area contributed by atoms with E-state index in [1.54, 1.807) is 91.9 Å². The molecule has 4 atom stereocenters. The molecule has 2 aliphatic carbocycles. The maximum absolute atomic E-state index is 13.3. The Kier molecular flexibility index (Phi) is 14.7. The molecule has 22 heteroatoms. The first kappa shape index (κ1) is 53.3. The van der Waals surface area contributed by atoms with Gasteiger partial charge in [-0.05, 0) is 95.7 Å². The number of hydrogen-bond acceptors (Lipinski definition) is 15. The molecule has 4 aliphatic heterocycles. The summed E-state index contributed by atoms with van der Waals surface area (Å²) in [5.41, 5.74) is 3.28. The van der Waals surface area contributed by atoms with E-state index in [0.717, 1.165) is 99.4 Å². The summed E-state index contributed by atoms with van der Waals surface area (Å²) >= 11 is 0. The molecule has 6 aliphatic rings. The number of amides is 5. The average molecular weight is 1080 g/mol. The van der Waals surface area contributed by atoms with Crippen molar-refractivity contribution in [1.29, 1.82) is 0 Å². The van der Waals surface area contributed by atoms with Crippen molar-refractivity contribution in [3.05, 3.63) is 83.7 Å². The largest absolute Gasteiger partial charge is 0.444 e. The van der Waals surface area contributed by atoms with Crippen LogP contribution in [-0.4, -0.2) is 177 Å². The SMILES string of the molecule is CN(C)C(=O)c1cc2cnc(Nc3ccc(C(=O)N4CC5CC4CN5)cn3)nc2n1C1CCCCC1.CN(C)C(=O)c1cc2cnc(Nc3ccc(C(=O)N4CC5CC4CN5C(=O)OC(C)(C)C)cn3)nc2n1C1CCCCC1. The predicted octanol–water partition coefficient (Wildman–Crippen LogP) is 7.57. The third kappa shape index (κ3) is 11.0. The number of anilines is 4. The Morgan fingerprint density at radius 1 is 0.570 bits per heavy atom. The second-order valence-electron chi connectivity index (χ2n) is 23.4. The van der Waals surface area contributed by atoms with Crippen molar-refractivity contribution in [2.75, 3.05) is 65.0 Å². The molecule has 12 rings (SSSR count). The van der Waals surface area contributed by atoms with Crippen LogP contribution in [0.5, 0.6) is 0 Å². The van der Waals surface area contributed by atoms with Crippen LogP contribution >= 0.6 is 0 Å². The highest BCUT2D eigenvalue weighted by molar-refractivity contribution is 5.99. The number of carbonyl (C=O) groups excluding carboxylic acids is 5. The van der Waals surface area contributed by atoms with Gasteiger partial charge in [0.05, 0.1) is 23.2 Å². The van der Waals surface area contributed by atoms with Crippen molar-refractivity contribution in [3.63, 3.8) is 0 Å². The summed E-state index contributed by atoms with van der Waals surface area (Å²) in [6.07, 6.45) is 19.2. The molecular formula is C57H72N16O6. The fourth-order valence-corrected chi connectivity index (χ4v) is 12.4. The number of pyridine rings is 2. The molecule has 4 unspecified atom stereocenters. The van der Waals surface area contributed by atoms with Crippen molar-refractivity contribution >= 4 is 75.3 Å². The van der Waals surface area contributed by atoms with Gasteiger partial charge in [-0.1, -0.05) is 38.5 Å². The highest BCUT2D eigenvalue weighted by Gasteiger charge is 2.48.